The van der Waals surface area contributed by atoms with E-state index < -0.39 is 11.9 Å². The number of nitrogens with zero attached hydrogens (tertiary/aromatic N) is 2. The number of amides is 4. The third-order valence-electron chi connectivity index (χ3n) is 5.03. The number of furan rings is 1. The molecule has 2 fully saturated rings. The van der Waals surface area contributed by atoms with Gasteiger partial charge in [0.2, 0.25) is 0 Å². The number of nitrogens with one attached hydrogen (secondary N) is 2. The van der Waals surface area contributed by atoms with Gasteiger partial charge in [-0.15, -0.1) is 0 Å². The minimum absolute atomic E-state index is 0.0152. The molecule has 8 nitrogen and oxygen atoms in total. The van der Waals surface area contributed by atoms with E-state index in [1.165, 1.54) is 6.08 Å². The van der Waals surface area contributed by atoms with Crippen molar-refractivity contribution in [1.29, 1.82) is 0 Å². The number of likely N-dealkylation sites (N-methyl/N-ethyl adjacent to an activating group) is 1. The number of benzene rings is 1. The van der Waals surface area contributed by atoms with Gasteiger partial charge in [-0.3, -0.25) is 14.9 Å². The van der Waals surface area contributed by atoms with E-state index in [-0.39, 0.29) is 11.6 Å². The van der Waals surface area contributed by atoms with E-state index in [2.05, 4.69) is 22.6 Å². The Morgan fingerprint density at radius 2 is 1.93 bits per heavy atom. The lowest BCUT2D eigenvalue weighted by Crippen LogP contribution is -2.34. The van der Waals surface area contributed by atoms with Gasteiger partial charge in [-0.2, -0.15) is 0 Å². The van der Waals surface area contributed by atoms with E-state index in [1.807, 2.05) is 29.2 Å². The van der Waals surface area contributed by atoms with Crippen LogP contribution in [0.25, 0.3) is 17.4 Å². The summed E-state index contributed by atoms with van der Waals surface area (Å²) in [6.07, 6.45) is 2.43. The minimum Gasteiger partial charge on any atom is -0.457 e. The molecule has 0 radical (unpaired) electrons. The number of carbonyl (C=O) groups is 3. The van der Waals surface area contributed by atoms with E-state index in [9.17, 15) is 14.4 Å². The second-order valence-corrected chi connectivity index (χ2v) is 7.20. The molecular weight excluding hydrogens is 372 g/mol. The van der Waals surface area contributed by atoms with Gasteiger partial charge >= 0.3 is 6.03 Å². The van der Waals surface area contributed by atoms with Crippen LogP contribution >= 0.6 is 0 Å². The van der Waals surface area contributed by atoms with E-state index >= 15 is 0 Å². The second kappa shape index (κ2) is 7.92. The molecule has 0 spiro atoms. The topological polar surface area (TPSA) is 94.9 Å². The lowest BCUT2D eigenvalue weighted by Gasteiger charge is -2.20. The second-order valence-electron chi connectivity index (χ2n) is 7.20. The molecule has 4 rings (SSSR count). The van der Waals surface area contributed by atoms with Crippen molar-refractivity contribution in [3.63, 3.8) is 0 Å². The predicted octanol–water partition coefficient (Wildman–Crippen LogP) is 1.90. The van der Waals surface area contributed by atoms with Gasteiger partial charge in [0.05, 0.1) is 0 Å². The number of urea groups is 1. The first-order valence-corrected chi connectivity index (χ1v) is 9.52. The number of carbonyl (C=O) groups excluding carboxylic acids is 3. The Morgan fingerprint density at radius 1 is 1.07 bits per heavy atom. The summed E-state index contributed by atoms with van der Waals surface area (Å²) in [5.41, 5.74) is 1.52. The first-order chi connectivity index (χ1) is 14.0. The van der Waals surface area contributed by atoms with Crippen LogP contribution in [-0.4, -0.2) is 60.9 Å². The van der Waals surface area contributed by atoms with Crippen molar-refractivity contribution in [2.75, 3.05) is 33.2 Å². The predicted molar refractivity (Wildman–Crippen MR) is 107 cm³/mol. The maximum atomic E-state index is 12.9. The van der Waals surface area contributed by atoms with Crippen LogP contribution in [0, 0.1) is 0 Å². The highest BCUT2D eigenvalue weighted by Gasteiger charge is 2.23. The monoisotopic (exact) mass is 394 g/mol. The van der Waals surface area contributed by atoms with E-state index in [1.54, 1.807) is 12.1 Å². The molecule has 0 saturated carbocycles. The average Bonchev–Trinajstić information content (AvgIpc) is 3.23. The molecule has 0 bridgehead atoms. The van der Waals surface area contributed by atoms with Crippen LogP contribution in [0.2, 0.25) is 0 Å². The SMILES string of the molecule is CN1CCCN(C(=O)c2cccc(-c3ccc(C=C4NC(=O)NC4=O)o3)c2)CC1. The molecular formula is C21H22N4O4. The zero-order valence-corrected chi connectivity index (χ0v) is 16.1. The molecule has 0 aliphatic carbocycles. The minimum atomic E-state index is -0.557. The van der Waals surface area contributed by atoms with E-state index in [0.29, 0.717) is 23.6 Å². The molecule has 2 saturated heterocycles. The maximum Gasteiger partial charge on any atom is 0.326 e. The Morgan fingerprint density at radius 3 is 2.72 bits per heavy atom. The molecule has 4 amide bonds. The fraction of sp³-hybridized carbons (Fsp3) is 0.286. The van der Waals surface area contributed by atoms with Crippen LogP contribution in [0.3, 0.4) is 0 Å². The van der Waals surface area contributed by atoms with Gasteiger partial charge in [-0.1, -0.05) is 12.1 Å². The highest BCUT2D eigenvalue weighted by Crippen LogP contribution is 2.25. The Labute approximate surface area is 168 Å². The summed E-state index contributed by atoms with van der Waals surface area (Å²) in [6.45, 7) is 3.32. The summed E-state index contributed by atoms with van der Waals surface area (Å²) in [6, 6.07) is 10.2. The van der Waals surface area contributed by atoms with Crippen molar-refractivity contribution in [2.24, 2.45) is 0 Å². The normalized spacial score (nSPS) is 19.2. The zero-order chi connectivity index (χ0) is 20.4. The Hall–Kier alpha value is -3.39. The molecule has 2 aliphatic rings. The molecule has 2 aliphatic heterocycles. The molecule has 0 unspecified atom stereocenters. The van der Waals surface area contributed by atoms with Gasteiger partial charge in [0.1, 0.15) is 17.2 Å². The van der Waals surface area contributed by atoms with Crippen LogP contribution in [0.5, 0.6) is 0 Å². The van der Waals surface area contributed by atoms with Gasteiger partial charge in [0.25, 0.3) is 11.8 Å². The Balaban J connectivity index is 1.53. The van der Waals surface area contributed by atoms with E-state index in [0.717, 1.165) is 31.6 Å². The van der Waals surface area contributed by atoms with Crippen LogP contribution in [0.1, 0.15) is 22.5 Å². The highest BCUT2D eigenvalue weighted by atomic mass is 16.3. The molecule has 3 heterocycles. The summed E-state index contributed by atoms with van der Waals surface area (Å²) < 4.78 is 5.79. The highest BCUT2D eigenvalue weighted by molar-refractivity contribution is 6.13. The summed E-state index contributed by atoms with van der Waals surface area (Å²) in [4.78, 5) is 39.9. The fourth-order valence-electron chi connectivity index (χ4n) is 3.45. The maximum absolute atomic E-state index is 12.9. The summed E-state index contributed by atoms with van der Waals surface area (Å²) in [5, 5.41) is 4.56. The van der Waals surface area contributed by atoms with Crippen molar-refractivity contribution in [1.82, 2.24) is 20.4 Å². The third kappa shape index (κ3) is 4.22. The molecule has 150 valence electrons. The van der Waals surface area contributed by atoms with Crippen molar-refractivity contribution in [3.05, 3.63) is 53.4 Å². The lowest BCUT2D eigenvalue weighted by atomic mass is 10.1. The summed E-state index contributed by atoms with van der Waals surface area (Å²) >= 11 is 0. The van der Waals surface area contributed by atoms with Crippen LogP contribution in [-0.2, 0) is 4.79 Å². The molecule has 2 N–H and O–H groups in total. The quantitative estimate of drug-likeness (QED) is 0.613. The first-order valence-electron chi connectivity index (χ1n) is 9.52. The molecule has 2 aromatic rings. The number of hydrogen-bond acceptors (Lipinski definition) is 5. The first kappa shape index (κ1) is 18.9. The summed E-state index contributed by atoms with van der Waals surface area (Å²) in [7, 11) is 2.07. The van der Waals surface area contributed by atoms with Crippen molar-refractivity contribution >= 4 is 23.9 Å². The molecule has 8 heteroatoms. The molecule has 1 aromatic carbocycles. The van der Waals surface area contributed by atoms with Crippen LogP contribution < -0.4 is 10.6 Å². The number of rotatable bonds is 3. The van der Waals surface area contributed by atoms with Crippen LogP contribution in [0.4, 0.5) is 4.79 Å². The largest absolute Gasteiger partial charge is 0.457 e. The number of hydrogen-bond donors (Lipinski definition) is 2. The Bertz CT molecular complexity index is 994. The standard InChI is InChI=1S/C21H22N4O4/c1-24-8-3-9-25(11-10-24)20(27)15-5-2-4-14(12-15)18-7-6-16(29-18)13-17-19(26)23-21(28)22-17/h2,4-7,12-13H,3,8-11H2,1H3,(H2,22,23,26,28). The van der Waals surface area contributed by atoms with Gasteiger partial charge in [-0.05, 0) is 44.3 Å². The van der Waals surface area contributed by atoms with Crippen LogP contribution in [0.15, 0.2) is 46.5 Å². The van der Waals surface area contributed by atoms with Gasteiger partial charge in [0, 0.05) is 36.8 Å². The summed E-state index contributed by atoms with van der Waals surface area (Å²) in [5.74, 6) is 0.525. The molecule has 0 atom stereocenters. The fourth-order valence-corrected chi connectivity index (χ4v) is 3.45. The molecule has 1 aromatic heterocycles. The van der Waals surface area contributed by atoms with Crippen molar-refractivity contribution in [2.45, 2.75) is 6.42 Å². The van der Waals surface area contributed by atoms with Crippen molar-refractivity contribution < 1.29 is 18.8 Å². The Kier molecular flexibility index (Phi) is 5.18. The molecule has 29 heavy (non-hydrogen) atoms. The number of imide groups is 1. The van der Waals surface area contributed by atoms with E-state index in [4.69, 9.17) is 4.42 Å². The average molecular weight is 394 g/mol. The van der Waals surface area contributed by atoms with Gasteiger partial charge in [-0.25, -0.2) is 4.79 Å². The van der Waals surface area contributed by atoms with Gasteiger partial charge in [0.15, 0.2) is 0 Å². The third-order valence-corrected chi connectivity index (χ3v) is 5.03. The zero-order valence-electron chi connectivity index (χ0n) is 16.1. The van der Waals surface area contributed by atoms with Crippen molar-refractivity contribution in [3.8, 4) is 11.3 Å². The lowest BCUT2D eigenvalue weighted by molar-refractivity contribution is -0.115. The smallest absolute Gasteiger partial charge is 0.326 e. The van der Waals surface area contributed by atoms with Gasteiger partial charge < -0.3 is 19.5 Å².